The van der Waals surface area contributed by atoms with E-state index in [1.54, 1.807) is 0 Å². The number of benzene rings is 2. The van der Waals surface area contributed by atoms with Crippen molar-refractivity contribution in [3.63, 3.8) is 0 Å². The third-order valence-corrected chi connectivity index (χ3v) is 4.71. The van der Waals surface area contributed by atoms with Crippen molar-refractivity contribution >= 4 is 28.5 Å². The van der Waals surface area contributed by atoms with E-state index < -0.39 is 0 Å². The smallest absolute Gasteiger partial charge is 0.225 e. The lowest BCUT2D eigenvalue weighted by molar-refractivity contribution is 0.379. The van der Waals surface area contributed by atoms with Crippen molar-refractivity contribution in [2.24, 2.45) is 10.7 Å². The molecule has 0 bridgehead atoms. The lowest BCUT2D eigenvalue weighted by Crippen LogP contribution is -2.51. The fourth-order valence-corrected chi connectivity index (χ4v) is 3.13. The van der Waals surface area contributed by atoms with Crippen LogP contribution in [0.1, 0.15) is 5.56 Å². The van der Waals surface area contributed by atoms with Gasteiger partial charge in [-0.15, -0.1) is 0 Å². The molecule has 132 valence electrons. The number of aliphatic imine (C=N–C) groups is 1. The fourth-order valence-electron chi connectivity index (χ4n) is 3.13. The molecule has 0 atom stereocenters. The summed E-state index contributed by atoms with van der Waals surface area (Å²) in [6, 6.07) is 16.1. The van der Waals surface area contributed by atoms with Crippen molar-refractivity contribution in [2.75, 3.05) is 31.1 Å². The Morgan fingerprint density at radius 2 is 1.73 bits per heavy atom. The van der Waals surface area contributed by atoms with E-state index in [9.17, 15) is 0 Å². The Hall–Kier alpha value is -3.15. The molecule has 26 heavy (non-hydrogen) atoms. The van der Waals surface area contributed by atoms with E-state index in [4.69, 9.17) is 5.73 Å². The summed E-state index contributed by atoms with van der Waals surface area (Å²) in [5.74, 6) is 1.34. The Labute approximate surface area is 153 Å². The highest BCUT2D eigenvalue weighted by Crippen LogP contribution is 2.19. The molecule has 1 fully saturated rings. The number of nitrogens with two attached hydrogens (primary N) is 1. The Bertz CT molecular complexity index is 944. The second-order valence-electron chi connectivity index (χ2n) is 6.46. The first kappa shape index (κ1) is 16.3. The highest BCUT2D eigenvalue weighted by molar-refractivity contribution is 5.82. The molecule has 0 unspecified atom stereocenters. The molecule has 4 rings (SSSR count). The molecule has 0 spiro atoms. The number of para-hydroxylation sites is 2. The van der Waals surface area contributed by atoms with E-state index in [2.05, 4.69) is 24.8 Å². The van der Waals surface area contributed by atoms with Crippen LogP contribution in [0.15, 0.2) is 59.7 Å². The molecule has 2 N–H and O–H groups in total. The number of piperazine rings is 1. The van der Waals surface area contributed by atoms with Crippen molar-refractivity contribution in [1.29, 1.82) is 0 Å². The third-order valence-electron chi connectivity index (χ3n) is 4.71. The van der Waals surface area contributed by atoms with Gasteiger partial charge in [0.25, 0.3) is 0 Å². The van der Waals surface area contributed by atoms with Gasteiger partial charge in [-0.1, -0.05) is 36.4 Å². The van der Waals surface area contributed by atoms with Crippen molar-refractivity contribution in [3.05, 3.63) is 60.3 Å². The van der Waals surface area contributed by atoms with Gasteiger partial charge < -0.3 is 15.5 Å². The van der Waals surface area contributed by atoms with Gasteiger partial charge in [-0.25, -0.2) is 15.0 Å². The summed E-state index contributed by atoms with van der Waals surface area (Å²) in [6.07, 6.45) is 1.89. The Morgan fingerprint density at radius 1 is 1.00 bits per heavy atom. The number of hydrogen-bond donors (Lipinski definition) is 1. The number of aryl methyl sites for hydroxylation is 1. The first-order valence-electron chi connectivity index (χ1n) is 8.82. The maximum Gasteiger partial charge on any atom is 0.225 e. The van der Waals surface area contributed by atoms with Gasteiger partial charge in [0.2, 0.25) is 5.95 Å². The van der Waals surface area contributed by atoms with E-state index >= 15 is 0 Å². The van der Waals surface area contributed by atoms with Gasteiger partial charge in [-0.05, 0) is 24.6 Å². The second-order valence-corrected chi connectivity index (χ2v) is 6.46. The van der Waals surface area contributed by atoms with Crippen LogP contribution in [0.3, 0.4) is 0 Å². The Kier molecular flexibility index (Phi) is 4.39. The van der Waals surface area contributed by atoms with Crippen LogP contribution in [0.5, 0.6) is 0 Å². The Morgan fingerprint density at radius 3 is 2.54 bits per heavy atom. The zero-order valence-corrected chi connectivity index (χ0v) is 14.8. The molecule has 2 aromatic carbocycles. The molecular formula is C20H22N6. The third kappa shape index (κ3) is 3.31. The maximum atomic E-state index is 6.23. The van der Waals surface area contributed by atoms with Crippen molar-refractivity contribution in [3.8, 4) is 0 Å². The van der Waals surface area contributed by atoms with Gasteiger partial charge in [0.15, 0.2) is 5.96 Å². The number of fused-ring (bicyclic) bond motifs is 1. The Balaban J connectivity index is 1.45. The summed E-state index contributed by atoms with van der Waals surface area (Å²) in [5.41, 5.74) is 9.25. The van der Waals surface area contributed by atoms with Gasteiger partial charge in [0, 0.05) is 37.8 Å². The standard InChI is InChI=1S/C20H22N6/c1-15-6-2-4-8-17(15)23-19(21)25-10-12-26(13-11-25)20-22-14-16-7-3-5-9-18(16)24-20/h2-9,14H,10-13H2,1H3,(H2,21,23). The van der Waals surface area contributed by atoms with E-state index in [1.165, 1.54) is 0 Å². The molecule has 6 heteroatoms. The molecule has 2 heterocycles. The summed E-state index contributed by atoms with van der Waals surface area (Å²) in [6.45, 7) is 5.29. The number of hydrogen-bond acceptors (Lipinski definition) is 4. The fraction of sp³-hybridized carbons (Fsp3) is 0.250. The van der Waals surface area contributed by atoms with Crippen LogP contribution < -0.4 is 10.6 Å². The summed E-state index contributed by atoms with van der Waals surface area (Å²) in [7, 11) is 0. The molecular weight excluding hydrogens is 324 g/mol. The molecule has 3 aromatic rings. The molecule has 1 aliphatic rings. The average Bonchev–Trinajstić information content (AvgIpc) is 2.69. The van der Waals surface area contributed by atoms with Gasteiger partial charge in [-0.2, -0.15) is 0 Å². The van der Waals surface area contributed by atoms with Gasteiger partial charge in [0.05, 0.1) is 11.2 Å². The monoisotopic (exact) mass is 346 g/mol. The predicted octanol–water partition coefficient (Wildman–Crippen LogP) is 2.71. The van der Waals surface area contributed by atoms with Gasteiger partial charge >= 0.3 is 0 Å². The van der Waals surface area contributed by atoms with Gasteiger partial charge in [-0.3, -0.25) is 0 Å². The lowest BCUT2D eigenvalue weighted by atomic mass is 10.2. The minimum atomic E-state index is 0.568. The molecule has 1 aliphatic heterocycles. The highest BCUT2D eigenvalue weighted by atomic mass is 15.4. The summed E-state index contributed by atoms with van der Waals surface area (Å²) in [4.78, 5) is 18.1. The van der Waals surface area contributed by atoms with Crippen LogP contribution in [0.2, 0.25) is 0 Å². The average molecular weight is 346 g/mol. The summed E-state index contributed by atoms with van der Waals surface area (Å²) >= 11 is 0. The molecule has 6 nitrogen and oxygen atoms in total. The minimum Gasteiger partial charge on any atom is -0.369 e. The lowest BCUT2D eigenvalue weighted by Gasteiger charge is -2.35. The maximum absolute atomic E-state index is 6.23. The van der Waals surface area contributed by atoms with Crippen LogP contribution in [-0.2, 0) is 0 Å². The quantitative estimate of drug-likeness (QED) is 0.571. The number of nitrogens with zero attached hydrogens (tertiary/aromatic N) is 5. The predicted molar refractivity (Wildman–Crippen MR) is 106 cm³/mol. The first-order valence-corrected chi connectivity index (χ1v) is 8.82. The van der Waals surface area contributed by atoms with Crippen molar-refractivity contribution in [1.82, 2.24) is 14.9 Å². The van der Waals surface area contributed by atoms with Crippen molar-refractivity contribution in [2.45, 2.75) is 6.92 Å². The number of guanidine groups is 1. The van der Waals surface area contributed by atoms with Gasteiger partial charge in [0.1, 0.15) is 0 Å². The molecule has 0 amide bonds. The zero-order chi connectivity index (χ0) is 17.9. The minimum absolute atomic E-state index is 0.568. The molecule has 1 saturated heterocycles. The van der Waals surface area contributed by atoms with E-state index in [1.807, 2.05) is 61.7 Å². The molecule has 0 saturated carbocycles. The van der Waals surface area contributed by atoms with E-state index in [-0.39, 0.29) is 0 Å². The SMILES string of the molecule is Cc1ccccc1N=C(N)N1CCN(c2ncc3ccccc3n2)CC1. The van der Waals surface area contributed by atoms with Crippen LogP contribution in [-0.4, -0.2) is 47.0 Å². The molecule has 1 aromatic heterocycles. The van der Waals surface area contributed by atoms with Crippen molar-refractivity contribution < 1.29 is 0 Å². The largest absolute Gasteiger partial charge is 0.369 e. The molecule has 0 aliphatic carbocycles. The molecule has 0 radical (unpaired) electrons. The van der Waals surface area contributed by atoms with Crippen LogP contribution >= 0.6 is 0 Å². The number of aromatic nitrogens is 2. The van der Waals surface area contributed by atoms with E-state index in [0.29, 0.717) is 5.96 Å². The van der Waals surface area contributed by atoms with E-state index in [0.717, 1.165) is 54.3 Å². The first-order chi connectivity index (χ1) is 12.7. The highest BCUT2D eigenvalue weighted by Gasteiger charge is 2.20. The summed E-state index contributed by atoms with van der Waals surface area (Å²) in [5, 5.41) is 1.06. The topological polar surface area (TPSA) is 70.6 Å². The van der Waals surface area contributed by atoms with Crippen LogP contribution in [0.4, 0.5) is 11.6 Å². The second kappa shape index (κ2) is 7.00. The normalized spacial score (nSPS) is 15.5. The van der Waals surface area contributed by atoms with Crippen LogP contribution in [0.25, 0.3) is 10.9 Å². The number of rotatable bonds is 2. The van der Waals surface area contributed by atoms with Crippen LogP contribution in [0, 0.1) is 6.92 Å². The number of anilines is 1. The summed E-state index contributed by atoms with van der Waals surface area (Å²) < 4.78 is 0. The zero-order valence-electron chi connectivity index (χ0n) is 14.8.